The third kappa shape index (κ3) is 4.84. The van der Waals surface area contributed by atoms with Crippen molar-refractivity contribution in [3.05, 3.63) is 47.6 Å². The number of hydrogen-bond acceptors (Lipinski definition) is 9. The van der Waals surface area contributed by atoms with Gasteiger partial charge in [-0.25, -0.2) is 14.2 Å². The van der Waals surface area contributed by atoms with Crippen LogP contribution in [0.2, 0.25) is 0 Å². The van der Waals surface area contributed by atoms with Gasteiger partial charge < -0.3 is 30.9 Å². The molecule has 1 aliphatic heterocycles. The molecule has 4 N–H and O–H groups in total. The summed E-state index contributed by atoms with van der Waals surface area (Å²) in [6.07, 6.45) is 4.80. The Kier molecular flexibility index (Phi) is 6.71. The first kappa shape index (κ1) is 25.4. The molecule has 10 nitrogen and oxygen atoms in total. The molecule has 4 atom stereocenters. The zero-order chi connectivity index (χ0) is 27.1. The summed E-state index contributed by atoms with van der Waals surface area (Å²) in [5.74, 6) is 0.351. The molecular formula is C27H30FN7O3S. The van der Waals surface area contributed by atoms with E-state index in [0.717, 1.165) is 16.6 Å². The summed E-state index contributed by atoms with van der Waals surface area (Å²) in [6, 6.07) is 6.70. The van der Waals surface area contributed by atoms with Crippen LogP contribution in [0.5, 0.6) is 0 Å². The van der Waals surface area contributed by atoms with E-state index in [1.165, 1.54) is 17.4 Å². The lowest BCUT2D eigenvalue weighted by Crippen LogP contribution is -2.49. The lowest BCUT2D eigenvalue weighted by Gasteiger charge is -2.35. The number of nitrogens with two attached hydrogens (primary N) is 1. The van der Waals surface area contributed by atoms with Gasteiger partial charge in [-0.2, -0.15) is 4.98 Å². The number of allylic oxidation sites excluding steroid dienone is 1. The highest BCUT2D eigenvalue weighted by molar-refractivity contribution is 7.17. The fraction of sp³-hybridized carbons (Fsp3) is 0.407. The monoisotopic (exact) mass is 551 g/mol. The first-order valence-corrected chi connectivity index (χ1v) is 14.0. The second-order valence-corrected chi connectivity index (χ2v) is 11.0. The first-order chi connectivity index (χ1) is 18.9. The molecule has 6 rings (SSSR count). The SMILES string of the molecule is CCOC(=O)N1CCN(c2ccc(Nc3nc(N[C@H]4C5C=CC(C5)[C@@H]4C(N)=O)c4sccc4n3)cc2F)CC1. The molecule has 3 aromatic rings. The van der Waals surface area contributed by atoms with Gasteiger partial charge in [0.1, 0.15) is 11.6 Å². The summed E-state index contributed by atoms with van der Waals surface area (Å²) in [5.41, 5.74) is 7.49. The van der Waals surface area contributed by atoms with Crippen molar-refractivity contribution in [3.8, 4) is 0 Å². The maximum Gasteiger partial charge on any atom is 0.409 e. The molecule has 0 radical (unpaired) electrons. The first-order valence-electron chi connectivity index (χ1n) is 13.1. The number of thiophene rings is 1. The number of primary amides is 1. The second-order valence-electron chi connectivity index (χ2n) is 10.0. The van der Waals surface area contributed by atoms with Crippen LogP contribution in [0.3, 0.4) is 0 Å². The number of aromatic nitrogens is 2. The average Bonchev–Trinajstić information content (AvgIpc) is 3.66. The van der Waals surface area contributed by atoms with Gasteiger partial charge in [0.05, 0.1) is 28.4 Å². The fourth-order valence-corrected chi connectivity index (χ4v) is 6.68. The Hall–Kier alpha value is -3.93. The number of ether oxygens (including phenoxy) is 1. The number of nitrogens with one attached hydrogen (secondary N) is 2. The summed E-state index contributed by atoms with van der Waals surface area (Å²) in [7, 11) is 0. The van der Waals surface area contributed by atoms with Crippen molar-refractivity contribution in [2.75, 3.05) is 48.3 Å². The summed E-state index contributed by atoms with van der Waals surface area (Å²) in [4.78, 5) is 37.0. The predicted octanol–water partition coefficient (Wildman–Crippen LogP) is 3.94. The highest BCUT2D eigenvalue weighted by atomic mass is 32.1. The Bertz CT molecular complexity index is 1440. The van der Waals surface area contributed by atoms with E-state index in [2.05, 4.69) is 27.8 Å². The maximum atomic E-state index is 15.2. The van der Waals surface area contributed by atoms with Crippen LogP contribution in [0.4, 0.5) is 32.3 Å². The molecule has 2 unspecified atom stereocenters. The molecule has 3 aliphatic rings. The van der Waals surface area contributed by atoms with E-state index in [9.17, 15) is 9.59 Å². The summed E-state index contributed by atoms with van der Waals surface area (Å²) < 4.78 is 21.1. The van der Waals surface area contributed by atoms with Crippen LogP contribution in [-0.2, 0) is 9.53 Å². The normalized spacial score (nSPS) is 23.8. The number of piperazine rings is 1. The van der Waals surface area contributed by atoms with E-state index in [0.29, 0.717) is 55.9 Å². The van der Waals surface area contributed by atoms with Gasteiger partial charge in [0.15, 0.2) is 0 Å². The topological polar surface area (TPSA) is 126 Å². The molecule has 1 saturated carbocycles. The number of benzene rings is 1. The van der Waals surface area contributed by atoms with E-state index < -0.39 is 0 Å². The van der Waals surface area contributed by atoms with Gasteiger partial charge >= 0.3 is 6.09 Å². The van der Waals surface area contributed by atoms with E-state index in [4.69, 9.17) is 15.5 Å². The number of halogens is 1. The number of carbonyl (C=O) groups excluding carboxylic acids is 2. The maximum absolute atomic E-state index is 15.2. The molecule has 2 aliphatic carbocycles. The van der Waals surface area contributed by atoms with E-state index in [1.807, 2.05) is 16.3 Å². The molecule has 2 aromatic heterocycles. The van der Waals surface area contributed by atoms with Gasteiger partial charge in [0, 0.05) is 37.9 Å². The lowest BCUT2D eigenvalue weighted by atomic mass is 9.88. The third-order valence-corrected chi connectivity index (χ3v) is 8.66. The van der Waals surface area contributed by atoms with Crippen molar-refractivity contribution in [2.24, 2.45) is 23.5 Å². The third-order valence-electron chi connectivity index (χ3n) is 7.74. The van der Waals surface area contributed by atoms with Gasteiger partial charge in [-0.05, 0) is 54.8 Å². The molecule has 39 heavy (non-hydrogen) atoms. The molecule has 1 saturated heterocycles. The van der Waals surface area contributed by atoms with Crippen molar-refractivity contribution < 1.29 is 18.7 Å². The number of hydrogen-bond donors (Lipinski definition) is 3. The summed E-state index contributed by atoms with van der Waals surface area (Å²) in [6.45, 7) is 4.07. The Morgan fingerprint density at radius 2 is 1.95 bits per heavy atom. The Labute approximate surface area is 229 Å². The second kappa shape index (κ2) is 10.3. The smallest absolute Gasteiger partial charge is 0.409 e. The largest absolute Gasteiger partial charge is 0.450 e. The molecule has 2 amide bonds. The van der Waals surface area contributed by atoms with E-state index in [1.54, 1.807) is 24.0 Å². The zero-order valence-electron chi connectivity index (χ0n) is 21.5. The van der Waals surface area contributed by atoms with Crippen molar-refractivity contribution in [1.82, 2.24) is 14.9 Å². The average molecular weight is 552 g/mol. The van der Waals surface area contributed by atoms with Crippen LogP contribution in [0.15, 0.2) is 41.8 Å². The summed E-state index contributed by atoms with van der Waals surface area (Å²) in [5, 5.41) is 8.57. The van der Waals surface area contributed by atoms with Gasteiger partial charge in [-0.1, -0.05) is 12.2 Å². The minimum absolute atomic E-state index is 0.133. The van der Waals surface area contributed by atoms with Gasteiger partial charge in [-0.3, -0.25) is 4.79 Å². The van der Waals surface area contributed by atoms with Crippen LogP contribution in [-0.4, -0.2) is 65.7 Å². The summed E-state index contributed by atoms with van der Waals surface area (Å²) >= 11 is 1.52. The highest BCUT2D eigenvalue weighted by Crippen LogP contribution is 2.45. The standard InChI is InChI=1S/C27H30FN7O3S/c1-2-38-27(37)35-10-8-34(9-11-35)20-6-5-17(14-18(20)28)30-26-31-19-7-12-39-23(19)25(33-26)32-22-16-4-3-15(13-16)21(22)24(29)36/h3-7,12,14-16,21-22H,2,8-11,13H2,1H3,(H2,29,36)(H2,30,31,32,33)/t15?,16?,21-,22-/m0/s1. The quantitative estimate of drug-likeness (QED) is 0.377. The number of amides is 2. The zero-order valence-corrected chi connectivity index (χ0v) is 22.3. The molecule has 204 valence electrons. The Morgan fingerprint density at radius 1 is 1.15 bits per heavy atom. The highest BCUT2D eigenvalue weighted by Gasteiger charge is 2.47. The molecular weight excluding hydrogens is 521 g/mol. The number of anilines is 4. The Morgan fingerprint density at radius 3 is 2.69 bits per heavy atom. The minimum Gasteiger partial charge on any atom is -0.450 e. The number of rotatable bonds is 7. The predicted molar refractivity (Wildman–Crippen MR) is 149 cm³/mol. The number of fused-ring (bicyclic) bond motifs is 3. The van der Waals surface area contributed by atoms with Crippen molar-refractivity contribution >= 4 is 56.7 Å². The fourth-order valence-electron chi connectivity index (χ4n) is 5.90. The van der Waals surface area contributed by atoms with Gasteiger partial charge in [0.2, 0.25) is 11.9 Å². The van der Waals surface area contributed by atoms with Gasteiger partial charge in [-0.15, -0.1) is 11.3 Å². The van der Waals surface area contributed by atoms with Crippen molar-refractivity contribution in [1.29, 1.82) is 0 Å². The number of nitrogens with zero attached hydrogens (tertiary/aromatic N) is 4. The van der Waals surface area contributed by atoms with Gasteiger partial charge in [0.25, 0.3) is 0 Å². The van der Waals surface area contributed by atoms with Crippen LogP contribution in [0, 0.1) is 23.6 Å². The lowest BCUT2D eigenvalue weighted by molar-refractivity contribution is -0.122. The van der Waals surface area contributed by atoms with Crippen molar-refractivity contribution in [2.45, 2.75) is 19.4 Å². The molecule has 0 spiro atoms. The van der Waals surface area contributed by atoms with Crippen LogP contribution in [0.25, 0.3) is 10.2 Å². The van der Waals surface area contributed by atoms with Crippen molar-refractivity contribution in [3.63, 3.8) is 0 Å². The molecule has 1 aromatic carbocycles. The molecule has 2 fully saturated rings. The molecule has 3 heterocycles. The van der Waals surface area contributed by atoms with Crippen LogP contribution < -0.4 is 21.3 Å². The van der Waals surface area contributed by atoms with E-state index in [-0.39, 0.29) is 41.6 Å². The minimum atomic E-state index is -0.377. The van der Waals surface area contributed by atoms with Crippen LogP contribution >= 0.6 is 11.3 Å². The molecule has 2 bridgehead atoms. The Balaban J connectivity index is 1.18. The van der Waals surface area contributed by atoms with E-state index >= 15 is 4.39 Å². The van der Waals surface area contributed by atoms with Crippen LogP contribution in [0.1, 0.15) is 13.3 Å². The number of carbonyl (C=O) groups is 2. The molecule has 12 heteroatoms.